The molecule has 0 saturated heterocycles. The lowest BCUT2D eigenvalue weighted by atomic mass is 10.1. The van der Waals surface area contributed by atoms with Crippen LogP contribution in [-0.2, 0) is 0 Å². The van der Waals surface area contributed by atoms with Crippen molar-refractivity contribution in [2.75, 3.05) is 5.43 Å². The first-order valence-corrected chi connectivity index (χ1v) is 7.58. The number of halogens is 3. The second-order valence-corrected chi connectivity index (χ2v) is 5.80. The molecule has 0 saturated carbocycles. The van der Waals surface area contributed by atoms with Crippen LogP contribution >= 0.6 is 34.8 Å². The zero-order valence-electron chi connectivity index (χ0n) is 11.5. The summed E-state index contributed by atoms with van der Waals surface area (Å²) in [6.45, 7) is 1.82. The van der Waals surface area contributed by atoms with Crippen molar-refractivity contribution in [1.29, 1.82) is 0 Å². The number of hydrazone groups is 1. The molecular formula is C15H11Cl3N4. The summed E-state index contributed by atoms with van der Waals surface area (Å²) in [5.41, 5.74) is 6.06. The van der Waals surface area contributed by atoms with E-state index in [1.807, 2.05) is 31.2 Å². The lowest BCUT2D eigenvalue weighted by Gasteiger charge is -2.06. The molecular weight excluding hydrogens is 343 g/mol. The minimum Gasteiger partial charge on any atom is -0.323 e. The Morgan fingerprint density at radius 3 is 2.64 bits per heavy atom. The predicted octanol–water partition coefficient (Wildman–Crippen LogP) is 5.36. The van der Waals surface area contributed by atoms with E-state index in [-0.39, 0.29) is 0 Å². The number of imidazole rings is 1. The summed E-state index contributed by atoms with van der Waals surface area (Å²) < 4.78 is 0. The number of aromatic amines is 1. The number of nitrogens with zero attached hydrogens (tertiary/aromatic N) is 2. The quantitative estimate of drug-likeness (QED) is 0.378. The van der Waals surface area contributed by atoms with E-state index in [2.05, 4.69) is 20.5 Å². The Morgan fingerprint density at radius 2 is 1.86 bits per heavy atom. The molecule has 0 amide bonds. The van der Waals surface area contributed by atoms with Crippen molar-refractivity contribution in [3.05, 3.63) is 57.0 Å². The molecule has 0 spiro atoms. The van der Waals surface area contributed by atoms with Crippen LogP contribution < -0.4 is 5.43 Å². The van der Waals surface area contributed by atoms with Crippen molar-refractivity contribution >= 4 is 57.5 Å². The number of fused-ring (bicyclic) bond motifs is 1. The highest BCUT2D eigenvalue weighted by Gasteiger charge is 2.11. The summed E-state index contributed by atoms with van der Waals surface area (Å²) in [6, 6.07) is 11.2. The van der Waals surface area contributed by atoms with Gasteiger partial charge >= 0.3 is 0 Å². The molecule has 0 unspecified atom stereocenters. The summed E-state index contributed by atoms with van der Waals surface area (Å²) >= 11 is 18.2. The largest absolute Gasteiger partial charge is 0.323 e. The van der Waals surface area contributed by atoms with Crippen LogP contribution in [-0.4, -0.2) is 15.7 Å². The molecule has 22 heavy (non-hydrogen) atoms. The molecule has 0 aliphatic carbocycles. The van der Waals surface area contributed by atoms with E-state index in [9.17, 15) is 0 Å². The summed E-state index contributed by atoms with van der Waals surface area (Å²) in [5.74, 6) is 0.553. The lowest BCUT2D eigenvalue weighted by molar-refractivity contribution is 1.20. The lowest BCUT2D eigenvalue weighted by Crippen LogP contribution is -2.01. The number of aromatic nitrogens is 2. The van der Waals surface area contributed by atoms with Crippen molar-refractivity contribution in [2.24, 2.45) is 5.10 Å². The molecule has 112 valence electrons. The van der Waals surface area contributed by atoms with Crippen LogP contribution in [0.2, 0.25) is 15.1 Å². The number of H-pyrrole nitrogens is 1. The van der Waals surface area contributed by atoms with Crippen LogP contribution in [0.15, 0.2) is 41.5 Å². The highest BCUT2D eigenvalue weighted by Crippen LogP contribution is 2.32. The molecule has 7 heteroatoms. The third-order valence-electron chi connectivity index (χ3n) is 3.14. The van der Waals surface area contributed by atoms with Gasteiger partial charge in [0.2, 0.25) is 5.95 Å². The SMILES string of the molecule is C/C(=N/Nc1nc2ccccc2[nH]1)c1ccc(Cl)c(Cl)c1Cl. The number of hydrogen-bond donors (Lipinski definition) is 2. The van der Waals surface area contributed by atoms with Gasteiger partial charge < -0.3 is 4.98 Å². The fourth-order valence-electron chi connectivity index (χ4n) is 2.01. The van der Waals surface area contributed by atoms with E-state index < -0.39 is 0 Å². The normalized spacial score (nSPS) is 11.9. The Balaban J connectivity index is 1.87. The molecule has 0 atom stereocenters. The fourth-order valence-corrected chi connectivity index (χ4v) is 2.68. The monoisotopic (exact) mass is 352 g/mol. The first-order chi connectivity index (χ1) is 10.6. The maximum Gasteiger partial charge on any atom is 0.222 e. The molecule has 4 nitrogen and oxygen atoms in total. The number of benzene rings is 2. The number of para-hydroxylation sites is 2. The maximum absolute atomic E-state index is 6.19. The Kier molecular flexibility index (Phi) is 4.25. The van der Waals surface area contributed by atoms with Crippen molar-refractivity contribution in [2.45, 2.75) is 6.92 Å². The zero-order chi connectivity index (χ0) is 15.7. The van der Waals surface area contributed by atoms with E-state index in [0.717, 1.165) is 11.0 Å². The predicted molar refractivity (Wildman–Crippen MR) is 93.4 cm³/mol. The minimum absolute atomic E-state index is 0.319. The molecule has 2 N–H and O–H groups in total. The van der Waals surface area contributed by atoms with Gasteiger partial charge in [0.05, 0.1) is 31.8 Å². The van der Waals surface area contributed by atoms with E-state index >= 15 is 0 Å². The smallest absolute Gasteiger partial charge is 0.222 e. The van der Waals surface area contributed by atoms with E-state index in [4.69, 9.17) is 34.8 Å². The minimum atomic E-state index is 0.319. The first kappa shape index (κ1) is 15.2. The van der Waals surface area contributed by atoms with Gasteiger partial charge in [-0.05, 0) is 25.1 Å². The van der Waals surface area contributed by atoms with Crippen LogP contribution in [0.4, 0.5) is 5.95 Å². The van der Waals surface area contributed by atoms with Gasteiger partial charge in [0.15, 0.2) is 0 Å². The van der Waals surface area contributed by atoms with E-state index in [1.54, 1.807) is 12.1 Å². The van der Waals surface area contributed by atoms with Gasteiger partial charge in [-0.3, -0.25) is 0 Å². The van der Waals surface area contributed by atoms with Crippen molar-refractivity contribution < 1.29 is 0 Å². The van der Waals surface area contributed by atoms with Gasteiger partial charge in [-0.25, -0.2) is 10.4 Å². The second kappa shape index (κ2) is 6.16. The Bertz CT molecular complexity index is 837. The van der Waals surface area contributed by atoms with E-state index in [0.29, 0.717) is 32.3 Å². The van der Waals surface area contributed by atoms with Gasteiger partial charge in [-0.15, -0.1) is 0 Å². The molecule has 0 radical (unpaired) electrons. The summed E-state index contributed by atoms with van der Waals surface area (Å²) in [6.07, 6.45) is 0. The molecule has 0 aliphatic heterocycles. The number of rotatable bonds is 3. The van der Waals surface area contributed by atoms with Crippen molar-refractivity contribution in [1.82, 2.24) is 9.97 Å². The highest BCUT2D eigenvalue weighted by molar-refractivity contribution is 6.49. The van der Waals surface area contributed by atoms with Crippen LogP contribution in [0, 0.1) is 0 Å². The molecule has 3 aromatic rings. The van der Waals surface area contributed by atoms with E-state index in [1.165, 1.54) is 0 Å². The number of hydrogen-bond acceptors (Lipinski definition) is 3. The van der Waals surface area contributed by atoms with Gasteiger partial charge in [-0.2, -0.15) is 5.10 Å². The highest BCUT2D eigenvalue weighted by atomic mass is 35.5. The summed E-state index contributed by atoms with van der Waals surface area (Å²) in [7, 11) is 0. The molecule has 2 aromatic carbocycles. The second-order valence-electron chi connectivity index (χ2n) is 4.63. The average Bonchev–Trinajstić information content (AvgIpc) is 2.93. The molecule has 0 aliphatic rings. The van der Waals surface area contributed by atoms with Crippen LogP contribution in [0.1, 0.15) is 12.5 Å². The summed E-state index contributed by atoms with van der Waals surface area (Å²) in [4.78, 5) is 7.51. The van der Waals surface area contributed by atoms with Gasteiger partial charge in [0.1, 0.15) is 0 Å². The van der Waals surface area contributed by atoms with Crippen LogP contribution in [0.3, 0.4) is 0 Å². The van der Waals surface area contributed by atoms with Crippen molar-refractivity contribution in [3.63, 3.8) is 0 Å². The van der Waals surface area contributed by atoms with Crippen molar-refractivity contribution in [3.8, 4) is 0 Å². The number of nitrogens with one attached hydrogen (secondary N) is 2. The van der Waals surface area contributed by atoms with Gasteiger partial charge in [0, 0.05) is 5.56 Å². The molecule has 0 fully saturated rings. The Morgan fingerprint density at radius 1 is 1.09 bits per heavy atom. The fraction of sp³-hybridized carbons (Fsp3) is 0.0667. The first-order valence-electron chi connectivity index (χ1n) is 6.45. The topological polar surface area (TPSA) is 53.1 Å². The van der Waals surface area contributed by atoms with Crippen LogP contribution in [0.5, 0.6) is 0 Å². The number of anilines is 1. The third kappa shape index (κ3) is 2.90. The maximum atomic E-state index is 6.19. The third-order valence-corrected chi connectivity index (χ3v) is 4.44. The molecule has 0 bridgehead atoms. The van der Waals surface area contributed by atoms with Gasteiger partial charge in [0.25, 0.3) is 0 Å². The average molecular weight is 354 g/mol. The molecule has 1 heterocycles. The summed E-state index contributed by atoms with van der Waals surface area (Å²) in [5, 5.41) is 5.38. The molecule has 3 rings (SSSR count). The standard InChI is InChI=1S/C15H11Cl3N4/c1-8(9-6-7-10(16)14(18)13(9)17)21-22-15-19-11-4-2-3-5-12(11)20-15/h2-7H,1H3,(H2,19,20,22)/b21-8-. The zero-order valence-corrected chi connectivity index (χ0v) is 13.8. The molecule has 1 aromatic heterocycles. The Hall–Kier alpha value is -1.75. The van der Waals surface area contributed by atoms with Gasteiger partial charge in [-0.1, -0.05) is 53.0 Å². The Labute approximate surface area is 142 Å². The van der Waals surface area contributed by atoms with Crippen LogP contribution in [0.25, 0.3) is 11.0 Å².